The van der Waals surface area contributed by atoms with Crippen LogP contribution in [-0.4, -0.2) is 53.2 Å². The Labute approximate surface area is 130 Å². The van der Waals surface area contributed by atoms with E-state index in [0.29, 0.717) is 11.6 Å². The Bertz CT molecular complexity index is 630. The van der Waals surface area contributed by atoms with E-state index in [9.17, 15) is 4.79 Å². The summed E-state index contributed by atoms with van der Waals surface area (Å²) >= 11 is 0. The van der Waals surface area contributed by atoms with Crippen LogP contribution in [0, 0.1) is 0 Å². The maximum atomic E-state index is 12.0. The van der Waals surface area contributed by atoms with E-state index >= 15 is 0 Å². The van der Waals surface area contributed by atoms with Gasteiger partial charge in [-0.2, -0.15) is 5.10 Å². The fourth-order valence-electron chi connectivity index (χ4n) is 2.92. The molecule has 0 unspecified atom stereocenters. The number of nitrogens with zero attached hydrogens (tertiary/aromatic N) is 4. The van der Waals surface area contributed by atoms with Crippen molar-refractivity contribution < 1.29 is 4.79 Å². The quantitative estimate of drug-likeness (QED) is 0.940. The van der Waals surface area contributed by atoms with Gasteiger partial charge in [0.2, 0.25) is 0 Å². The fraction of sp³-hybridized carbons (Fsp3) is 0.438. The van der Waals surface area contributed by atoms with Crippen LogP contribution in [0.25, 0.3) is 0 Å². The number of carbonyl (C=O) groups is 1. The van der Waals surface area contributed by atoms with Crippen LogP contribution in [0.15, 0.2) is 30.7 Å². The standard InChI is InChI=1S/C16H21N5O/c1-20(2)16(22)15-9-14(3-6-17-15)21-7-4-12(5-8-21)13-10-18-19-11-13/h3,6,9-12H,4-5,7-8H2,1-2H3,(H,18,19). The van der Waals surface area contributed by atoms with Crippen molar-refractivity contribution in [2.75, 3.05) is 32.1 Å². The Morgan fingerprint density at radius 2 is 2.14 bits per heavy atom. The molecule has 1 N–H and O–H groups in total. The predicted octanol–water partition coefficient (Wildman–Crippen LogP) is 1.89. The second-order valence-corrected chi connectivity index (χ2v) is 5.89. The lowest BCUT2D eigenvalue weighted by atomic mass is 9.91. The number of pyridine rings is 1. The van der Waals surface area contributed by atoms with Crippen LogP contribution >= 0.6 is 0 Å². The van der Waals surface area contributed by atoms with Gasteiger partial charge in [0.05, 0.1) is 6.20 Å². The maximum Gasteiger partial charge on any atom is 0.272 e. The minimum atomic E-state index is -0.0601. The molecule has 0 bridgehead atoms. The molecule has 116 valence electrons. The molecule has 6 heteroatoms. The van der Waals surface area contributed by atoms with Gasteiger partial charge in [-0.05, 0) is 36.5 Å². The van der Waals surface area contributed by atoms with E-state index in [4.69, 9.17) is 0 Å². The highest BCUT2D eigenvalue weighted by molar-refractivity contribution is 5.92. The maximum absolute atomic E-state index is 12.0. The molecule has 0 aliphatic carbocycles. The highest BCUT2D eigenvalue weighted by Crippen LogP contribution is 2.29. The number of anilines is 1. The van der Waals surface area contributed by atoms with Crippen LogP contribution < -0.4 is 4.90 Å². The average Bonchev–Trinajstić information content (AvgIpc) is 3.09. The van der Waals surface area contributed by atoms with Gasteiger partial charge in [0, 0.05) is 45.3 Å². The van der Waals surface area contributed by atoms with Crippen molar-refractivity contribution in [3.8, 4) is 0 Å². The minimum absolute atomic E-state index is 0.0601. The van der Waals surface area contributed by atoms with Gasteiger partial charge in [-0.3, -0.25) is 14.9 Å². The molecule has 0 spiro atoms. The van der Waals surface area contributed by atoms with E-state index in [1.54, 1.807) is 25.2 Å². The normalized spacial score (nSPS) is 15.8. The molecule has 2 aromatic rings. The Kier molecular flexibility index (Phi) is 4.09. The zero-order chi connectivity index (χ0) is 15.5. The summed E-state index contributed by atoms with van der Waals surface area (Å²) in [5, 5.41) is 6.92. The second-order valence-electron chi connectivity index (χ2n) is 5.89. The smallest absolute Gasteiger partial charge is 0.272 e. The average molecular weight is 299 g/mol. The molecule has 1 amide bonds. The van der Waals surface area contributed by atoms with Crippen molar-refractivity contribution in [2.45, 2.75) is 18.8 Å². The molecule has 3 rings (SSSR count). The SMILES string of the molecule is CN(C)C(=O)c1cc(N2CCC(c3cn[nH]c3)CC2)ccn1. The Hall–Kier alpha value is -2.37. The van der Waals surface area contributed by atoms with Crippen LogP contribution in [0.4, 0.5) is 5.69 Å². The van der Waals surface area contributed by atoms with E-state index in [0.717, 1.165) is 31.6 Å². The molecule has 0 atom stereocenters. The summed E-state index contributed by atoms with van der Waals surface area (Å²) in [4.78, 5) is 20.1. The van der Waals surface area contributed by atoms with E-state index in [1.807, 2.05) is 24.5 Å². The number of hydrogen-bond donors (Lipinski definition) is 1. The summed E-state index contributed by atoms with van der Waals surface area (Å²) in [5.41, 5.74) is 2.86. The van der Waals surface area contributed by atoms with Gasteiger partial charge in [0.15, 0.2) is 0 Å². The molecule has 6 nitrogen and oxygen atoms in total. The van der Waals surface area contributed by atoms with Crippen molar-refractivity contribution in [1.82, 2.24) is 20.1 Å². The van der Waals surface area contributed by atoms with E-state index in [-0.39, 0.29) is 5.91 Å². The first-order valence-electron chi connectivity index (χ1n) is 7.56. The fourth-order valence-corrected chi connectivity index (χ4v) is 2.92. The number of piperidine rings is 1. The van der Waals surface area contributed by atoms with Crippen molar-refractivity contribution in [2.24, 2.45) is 0 Å². The molecule has 1 aliphatic heterocycles. The van der Waals surface area contributed by atoms with Gasteiger partial charge >= 0.3 is 0 Å². The van der Waals surface area contributed by atoms with Crippen molar-refractivity contribution in [3.05, 3.63) is 42.0 Å². The van der Waals surface area contributed by atoms with Crippen LogP contribution in [-0.2, 0) is 0 Å². The molecule has 1 aliphatic rings. The predicted molar refractivity (Wildman–Crippen MR) is 85.0 cm³/mol. The third-order valence-corrected chi connectivity index (χ3v) is 4.22. The van der Waals surface area contributed by atoms with Gasteiger partial charge in [0.1, 0.15) is 5.69 Å². The third-order valence-electron chi connectivity index (χ3n) is 4.22. The Morgan fingerprint density at radius 3 is 2.77 bits per heavy atom. The number of nitrogens with one attached hydrogen (secondary N) is 1. The number of aromatic nitrogens is 3. The van der Waals surface area contributed by atoms with Crippen molar-refractivity contribution in [1.29, 1.82) is 0 Å². The molecule has 3 heterocycles. The van der Waals surface area contributed by atoms with Crippen LogP contribution in [0.2, 0.25) is 0 Å². The molecule has 2 aromatic heterocycles. The summed E-state index contributed by atoms with van der Waals surface area (Å²) in [7, 11) is 3.49. The highest BCUT2D eigenvalue weighted by atomic mass is 16.2. The van der Waals surface area contributed by atoms with Crippen LogP contribution in [0.1, 0.15) is 34.8 Å². The molecule has 1 fully saturated rings. The summed E-state index contributed by atoms with van der Waals surface area (Å²) in [6, 6.07) is 3.87. The molecule has 22 heavy (non-hydrogen) atoms. The third kappa shape index (κ3) is 2.95. The van der Waals surface area contributed by atoms with Gasteiger partial charge in [-0.15, -0.1) is 0 Å². The molecular formula is C16H21N5O. The first-order valence-corrected chi connectivity index (χ1v) is 7.56. The van der Waals surface area contributed by atoms with Gasteiger partial charge in [-0.1, -0.05) is 0 Å². The monoisotopic (exact) mass is 299 g/mol. The van der Waals surface area contributed by atoms with E-state index < -0.39 is 0 Å². The molecule has 1 saturated heterocycles. The number of aromatic amines is 1. The number of rotatable bonds is 3. The molecular weight excluding hydrogens is 278 g/mol. The first-order chi connectivity index (χ1) is 10.6. The Morgan fingerprint density at radius 1 is 1.36 bits per heavy atom. The number of amides is 1. The minimum Gasteiger partial charge on any atom is -0.371 e. The van der Waals surface area contributed by atoms with Crippen LogP contribution in [0.3, 0.4) is 0 Å². The topological polar surface area (TPSA) is 65.1 Å². The van der Waals surface area contributed by atoms with Gasteiger partial charge < -0.3 is 9.80 Å². The van der Waals surface area contributed by atoms with Gasteiger partial charge in [-0.25, -0.2) is 0 Å². The largest absolute Gasteiger partial charge is 0.371 e. The van der Waals surface area contributed by atoms with Crippen LogP contribution in [0.5, 0.6) is 0 Å². The summed E-state index contributed by atoms with van der Waals surface area (Å²) in [5.74, 6) is 0.509. The lowest BCUT2D eigenvalue weighted by Gasteiger charge is -2.33. The second kappa shape index (κ2) is 6.17. The number of H-pyrrole nitrogens is 1. The number of hydrogen-bond acceptors (Lipinski definition) is 4. The van der Waals surface area contributed by atoms with Gasteiger partial charge in [0.25, 0.3) is 5.91 Å². The first kappa shape index (κ1) is 14.6. The zero-order valence-corrected chi connectivity index (χ0v) is 13.0. The van der Waals surface area contributed by atoms with E-state index in [2.05, 4.69) is 20.1 Å². The summed E-state index contributed by atoms with van der Waals surface area (Å²) in [6.07, 6.45) is 7.81. The summed E-state index contributed by atoms with van der Waals surface area (Å²) in [6.45, 7) is 1.96. The zero-order valence-electron chi connectivity index (χ0n) is 13.0. The highest BCUT2D eigenvalue weighted by Gasteiger charge is 2.22. The number of carbonyl (C=O) groups excluding carboxylic acids is 1. The molecule has 0 saturated carbocycles. The molecule has 0 aromatic carbocycles. The van der Waals surface area contributed by atoms with Crippen molar-refractivity contribution in [3.63, 3.8) is 0 Å². The lowest BCUT2D eigenvalue weighted by Crippen LogP contribution is -2.33. The lowest BCUT2D eigenvalue weighted by molar-refractivity contribution is 0.0822. The van der Waals surface area contributed by atoms with Crippen molar-refractivity contribution >= 4 is 11.6 Å². The Balaban J connectivity index is 1.68. The summed E-state index contributed by atoms with van der Waals surface area (Å²) < 4.78 is 0. The van der Waals surface area contributed by atoms with E-state index in [1.165, 1.54) is 5.56 Å². The molecule has 0 radical (unpaired) electrons.